The van der Waals surface area contributed by atoms with E-state index in [4.69, 9.17) is 4.74 Å². The number of rotatable bonds is 7. The van der Waals surface area contributed by atoms with Crippen LogP contribution >= 0.6 is 11.8 Å². The number of aliphatic hydroxyl groups is 2. The summed E-state index contributed by atoms with van der Waals surface area (Å²) in [6, 6.07) is 7.96. The normalized spacial score (nSPS) is 21.8. The maximum Gasteiger partial charge on any atom is 0.123 e. The molecule has 2 aliphatic heterocycles. The molecule has 0 spiro atoms. The molecule has 2 fully saturated rings. The highest BCUT2D eigenvalue weighted by Crippen LogP contribution is 2.22. The van der Waals surface area contributed by atoms with Crippen LogP contribution in [0.15, 0.2) is 24.3 Å². The molecule has 2 N–H and O–H groups in total. The van der Waals surface area contributed by atoms with Crippen molar-refractivity contribution >= 4 is 11.8 Å². The van der Waals surface area contributed by atoms with Gasteiger partial charge in [-0.1, -0.05) is 18.2 Å². The molecule has 128 valence electrons. The summed E-state index contributed by atoms with van der Waals surface area (Å²) >= 11 is 1.97. The Bertz CT molecular complexity index is 490. The lowest BCUT2D eigenvalue weighted by Gasteiger charge is -2.36. The van der Waals surface area contributed by atoms with Crippen LogP contribution in [0.3, 0.4) is 0 Å². The zero-order chi connectivity index (χ0) is 16.1. The van der Waals surface area contributed by atoms with E-state index in [0.717, 1.165) is 55.5 Å². The molecule has 2 heterocycles. The summed E-state index contributed by atoms with van der Waals surface area (Å²) in [7, 11) is 0. The topological polar surface area (TPSA) is 56.2 Å². The number of benzene rings is 1. The number of β-amino-alcohol motifs (C(OH)–C–C–N with tert-alkyl or cyclic N) is 2. The molecule has 3 rings (SSSR count). The van der Waals surface area contributed by atoms with Gasteiger partial charge in [-0.15, -0.1) is 0 Å². The molecule has 0 saturated carbocycles. The number of aliphatic hydroxyl groups excluding tert-OH is 2. The van der Waals surface area contributed by atoms with Gasteiger partial charge in [0, 0.05) is 56.3 Å². The van der Waals surface area contributed by atoms with Crippen LogP contribution in [0.4, 0.5) is 0 Å². The predicted octanol–water partition coefficient (Wildman–Crippen LogP) is 0.652. The van der Waals surface area contributed by atoms with Gasteiger partial charge in [0.25, 0.3) is 0 Å². The maximum atomic E-state index is 10.2. The van der Waals surface area contributed by atoms with E-state index in [9.17, 15) is 10.2 Å². The number of ether oxygens (including phenoxy) is 1. The fourth-order valence-corrected chi connectivity index (χ4v) is 3.99. The Morgan fingerprint density at radius 3 is 2.65 bits per heavy atom. The molecule has 1 atom stereocenters. The van der Waals surface area contributed by atoms with Gasteiger partial charge in [-0.05, 0) is 6.07 Å². The van der Waals surface area contributed by atoms with Crippen molar-refractivity contribution in [2.75, 3.05) is 50.8 Å². The third-order valence-corrected chi connectivity index (χ3v) is 5.25. The second kappa shape index (κ2) is 8.35. The number of hydrogen-bond donors (Lipinski definition) is 2. The van der Waals surface area contributed by atoms with Crippen molar-refractivity contribution in [3.05, 3.63) is 29.8 Å². The lowest BCUT2D eigenvalue weighted by Crippen LogP contribution is -2.49. The largest absolute Gasteiger partial charge is 0.491 e. The highest BCUT2D eigenvalue weighted by molar-refractivity contribution is 7.99. The SMILES string of the molecule is OC(COc1ccccc1CN1CC(O)C1)CN1CCSCC1. The number of likely N-dealkylation sites (tertiary alicyclic amines) is 1. The van der Waals surface area contributed by atoms with Gasteiger partial charge in [-0.2, -0.15) is 11.8 Å². The van der Waals surface area contributed by atoms with E-state index in [2.05, 4.69) is 9.80 Å². The van der Waals surface area contributed by atoms with Gasteiger partial charge in [-0.25, -0.2) is 0 Å². The van der Waals surface area contributed by atoms with Gasteiger partial charge < -0.3 is 14.9 Å². The van der Waals surface area contributed by atoms with E-state index in [1.54, 1.807) is 0 Å². The molecule has 2 aliphatic rings. The molecular formula is C17H26N2O3S. The smallest absolute Gasteiger partial charge is 0.123 e. The third-order valence-electron chi connectivity index (χ3n) is 4.31. The fraction of sp³-hybridized carbons (Fsp3) is 0.647. The van der Waals surface area contributed by atoms with Crippen LogP contribution in [0.5, 0.6) is 5.75 Å². The van der Waals surface area contributed by atoms with Gasteiger partial charge >= 0.3 is 0 Å². The molecule has 0 radical (unpaired) electrons. The van der Waals surface area contributed by atoms with Gasteiger partial charge in [0.2, 0.25) is 0 Å². The lowest BCUT2D eigenvalue weighted by atomic mass is 10.1. The van der Waals surface area contributed by atoms with Crippen LogP contribution in [-0.2, 0) is 6.54 Å². The highest BCUT2D eigenvalue weighted by Gasteiger charge is 2.25. The first-order valence-electron chi connectivity index (χ1n) is 8.30. The molecule has 23 heavy (non-hydrogen) atoms. The Hall–Kier alpha value is -0.790. The number of para-hydroxylation sites is 1. The standard InChI is InChI=1S/C17H26N2O3S/c20-15-10-19(11-15)9-14-3-1-2-4-17(14)22-13-16(21)12-18-5-7-23-8-6-18/h1-4,15-16,20-21H,5-13H2. The van der Waals surface area contributed by atoms with Crippen molar-refractivity contribution in [3.8, 4) is 5.75 Å². The third kappa shape index (κ3) is 5.09. The molecule has 2 saturated heterocycles. The minimum atomic E-state index is -0.461. The summed E-state index contributed by atoms with van der Waals surface area (Å²) in [4.78, 5) is 4.49. The Labute approximate surface area is 142 Å². The maximum absolute atomic E-state index is 10.2. The first-order chi connectivity index (χ1) is 11.2. The Morgan fingerprint density at radius 2 is 1.91 bits per heavy atom. The lowest BCUT2D eigenvalue weighted by molar-refractivity contribution is -0.00355. The van der Waals surface area contributed by atoms with Crippen molar-refractivity contribution in [1.29, 1.82) is 0 Å². The zero-order valence-corrected chi connectivity index (χ0v) is 14.2. The van der Waals surface area contributed by atoms with E-state index >= 15 is 0 Å². The van der Waals surface area contributed by atoms with Crippen LogP contribution in [0, 0.1) is 0 Å². The minimum Gasteiger partial charge on any atom is -0.491 e. The molecule has 0 amide bonds. The minimum absolute atomic E-state index is 0.187. The van der Waals surface area contributed by atoms with E-state index in [0.29, 0.717) is 13.2 Å². The van der Waals surface area contributed by atoms with E-state index in [-0.39, 0.29) is 6.10 Å². The van der Waals surface area contributed by atoms with Gasteiger partial charge in [0.05, 0.1) is 6.10 Å². The molecular weight excluding hydrogens is 312 g/mol. The summed E-state index contributed by atoms with van der Waals surface area (Å²) < 4.78 is 5.87. The molecule has 6 heteroatoms. The number of nitrogens with zero attached hydrogens (tertiary/aromatic N) is 2. The first-order valence-corrected chi connectivity index (χ1v) is 9.45. The van der Waals surface area contributed by atoms with Crippen molar-refractivity contribution in [3.63, 3.8) is 0 Å². The summed E-state index contributed by atoms with van der Waals surface area (Å²) in [5.74, 6) is 3.14. The van der Waals surface area contributed by atoms with E-state index in [1.165, 1.54) is 0 Å². The molecule has 0 aliphatic carbocycles. The van der Waals surface area contributed by atoms with Gasteiger partial charge in [-0.3, -0.25) is 9.80 Å². The Kier molecular flexibility index (Phi) is 6.19. The fourth-order valence-electron chi connectivity index (χ4n) is 3.01. The Morgan fingerprint density at radius 1 is 1.17 bits per heavy atom. The van der Waals surface area contributed by atoms with E-state index < -0.39 is 6.10 Å². The molecule has 0 bridgehead atoms. The molecule has 1 aromatic rings. The Balaban J connectivity index is 1.47. The van der Waals surface area contributed by atoms with E-state index in [1.807, 2.05) is 36.0 Å². The van der Waals surface area contributed by atoms with Crippen LogP contribution in [0.25, 0.3) is 0 Å². The van der Waals surface area contributed by atoms with Crippen LogP contribution < -0.4 is 4.74 Å². The quantitative estimate of drug-likeness (QED) is 0.761. The first kappa shape index (κ1) is 17.0. The highest BCUT2D eigenvalue weighted by atomic mass is 32.2. The molecule has 5 nitrogen and oxygen atoms in total. The average molecular weight is 338 g/mol. The monoisotopic (exact) mass is 338 g/mol. The van der Waals surface area contributed by atoms with Gasteiger partial charge in [0.1, 0.15) is 18.5 Å². The molecule has 1 aromatic carbocycles. The van der Waals surface area contributed by atoms with Crippen molar-refractivity contribution < 1.29 is 14.9 Å². The van der Waals surface area contributed by atoms with Crippen molar-refractivity contribution in [1.82, 2.24) is 9.80 Å². The number of hydrogen-bond acceptors (Lipinski definition) is 6. The molecule has 0 aromatic heterocycles. The zero-order valence-electron chi connectivity index (χ0n) is 13.4. The van der Waals surface area contributed by atoms with Crippen LogP contribution in [0.2, 0.25) is 0 Å². The second-order valence-corrected chi connectivity index (χ2v) is 7.56. The van der Waals surface area contributed by atoms with Gasteiger partial charge in [0.15, 0.2) is 0 Å². The summed E-state index contributed by atoms with van der Waals surface area (Å²) in [5, 5.41) is 19.6. The average Bonchev–Trinajstić information content (AvgIpc) is 2.53. The second-order valence-electron chi connectivity index (χ2n) is 6.33. The summed E-state index contributed by atoms with van der Waals surface area (Å²) in [5.41, 5.74) is 1.11. The van der Waals surface area contributed by atoms with Crippen molar-refractivity contribution in [2.45, 2.75) is 18.8 Å². The predicted molar refractivity (Wildman–Crippen MR) is 93.0 cm³/mol. The number of thioether (sulfide) groups is 1. The van der Waals surface area contributed by atoms with Crippen molar-refractivity contribution in [2.24, 2.45) is 0 Å². The summed E-state index contributed by atoms with van der Waals surface area (Å²) in [6.45, 7) is 5.34. The summed E-state index contributed by atoms with van der Waals surface area (Å²) in [6.07, 6.45) is -0.649. The molecule has 1 unspecified atom stereocenters. The van der Waals surface area contributed by atoms with Crippen LogP contribution in [0.1, 0.15) is 5.56 Å². The van der Waals surface area contributed by atoms with Crippen LogP contribution in [-0.4, -0.2) is 83.1 Å².